The number of hydrogen-bond acceptors (Lipinski definition) is 0. The summed E-state index contributed by atoms with van der Waals surface area (Å²) in [7, 11) is 0. The monoisotopic (exact) mass is 608 g/mol. The zero-order valence-electron chi connectivity index (χ0n) is 26.5. The van der Waals surface area contributed by atoms with E-state index < -0.39 is 0 Å². The standard InChI is InChI=1S/C48H32/c1-2-17-34(18-3-1)37-20-6-7-21-38(37)39-22-8-9-23-40(39)41-24-10-11-25-42(41)48-45-28-14-12-26-43(45)47(44-27-13-15-29-46(44)48)36-31-30-33-16-4-5-19-35(33)32-36/h1-32H. The molecular weight excluding hydrogens is 577 g/mol. The summed E-state index contributed by atoms with van der Waals surface area (Å²) in [5.74, 6) is 0. The van der Waals surface area contributed by atoms with Crippen molar-refractivity contribution in [2.24, 2.45) is 0 Å². The molecule has 0 atom stereocenters. The van der Waals surface area contributed by atoms with Crippen LogP contribution in [0.3, 0.4) is 0 Å². The largest absolute Gasteiger partial charge is 0.0622 e. The summed E-state index contributed by atoms with van der Waals surface area (Å²) in [6, 6.07) is 70.7. The molecule has 0 spiro atoms. The highest BCUT2D eigenvalue weighted by atomic mass is 14.2. The van der Waals surface area contributed by atoms with Gasteiger partial charge in [-0.3, -0.25) is 0 Å². The van der Waals surface area contributed by atoms with Gasteiger partial charge in [0.1, 0.15) is 0 Å². The van der Waals surface area contributed by atoms with E-state index in [1.807, 2.05) is 0 Å². The predicted molar refractivity (Wildman–Crippen MR) is 206 cm³/mol. The molecule has 0 saturated heterocycles. The average Bonchev–Trinajstić information content (AvgIpc) is 3.17. The van der Waals surface area contributed by atoms with Crippen molar-refractivity contribution in [1.82, 2.24) is 0 Å². The highest BCUT2D eigenvalue weighted by Crippen LogP contribution is 2.48. The molecule has 0 aromatic heterocycles. The van der Waals surface area contributed by atoms with E-state index in [1.165, 1.54) is 88.0 Å². The molecule has 0 nitrogen and oxygen atoms in total. The van der Waals surface area contributed by atoms with E-state index in [2.05, 4.69) is 194 Å². The van der Waals surface area contributed by atoms with Crippen LogP contribution < -0.4 is 0 Å². The maximum atomic E-state index is 2.34. The van der Waals surface area contributed by atoms with Crippen LogP contribution in [0.4, 0.5) is 0 Å². The molecule has 0 amide bonds. The first kappa shape index (κ1) is 28.0. The molecule has 0 fully saturated rings. The van der Waals surface area contributed by atoms with Gasteiger partial charge in [-0.25, -0.2) is 0 Å². The van der Waals surface area contributed by atoms with E-state index in [1.54, 1.807) is 0 Å². The minimum atomic E-state index is 1.22. The van der Waals surface area contributed by atoms with Gasteiger partial charge in [0.25, 0.3) is 0 Å². The number of rotatable bonds is 5. The Morgan fingerprint density at radius 2 is 0.604 bits per heavy atom. The normalized spacial score (nSPS) is 11.3. The number of hydrogen-bond donors (Lipinski definition) is 0. The van der Waals surface area contributed by atoms with Crippen LogP contribution in [0.2, 0.25) is 0 Å². The lowest BCUT2D eigenvalue weighted by molar-refractivity contribution is 1.56. The molecule has 9 rings (SSSR count). The Hall–Kier alpha value is -6.24. The molecule has 48 heavy (non-hydrogen) atoms. The highest BCUT2D eigenvalue weighted by Gasteiger charge is 2.20. The third-order valence-electron chi connectivity index (χ3n) is 9.69. The lowest BCUT2D eigenvalue weighted by atomic mass is 9.82. The molecule has 0 N–H and O–H groups in total. The molecule has 0 saturated carbocycles. The molecule has 224 valence electrons. The third-order valence-corrected chi connectivity index (χ3v) is 9.69. The Kier molecular flexibility index (Phi) is 6.91. The zero-order chi connectivity index (χ0) is 31.9. The van der Waals surface area contributed by atoms with Crippen molar-refractivity contribution in [2.45, 2.75) is 0 Å². The lowest BCUT2D eigenvalue weighted by Crippen LogP contribution is -1.94. The van der Waals surface area contributed by atoms with Gasteiger partial charge < -0.3 is 0 Å². The lowest BCUT2D eigenvalue weighted by Gasteiger charge is -2.21. The van der Waals surface area contributed by atoms with Crippen LogP contribution in [0.25, 0.3) is 88.0 Å². The molecule has 0 unspecified atom stereocenters. The van der Waals surface area contributed by atoms with E-state index in [0.29, 0.717) is 0 Å². The second kappa shape index (κ2) is 11.8. The quantitative estimate of drug-likeness (QED) is 0.171. The van der Waals surface area contributed by atoms with Gasteiger partial charge in [-0.05, 0) is 94.0 Å². The van der Waals surface area contributed by atoms with Crippen LogP contribution in [-0.2, 0) is 0 Å². The van der Waals surface area contributed by atoms with Crippen LogP contribution in [0.15, 0.2) is 194 Å². The van der Waals surface area contributed by atoms with E-state index in [9.17, 15) is 0 Å². The van der Waals surface area contributed by atoms with Crippen molar-refractivity contribution in [2.75, 3.05) is 0 Å². The van der Waals surface area contributed by atoms with Gasteiger partial charge in [0.15, 0.2) is 0 Å². The van der Waals surface area contributed by atoms with Crippen molar-refractivity contribution in [1.29, 1.82) is 0 Å². The molecule has 9 aromatic carbocycles. The van der Waals surface area contributed by atoms with Gasteiger partial charge in [-0.15, -0.1) is 0 Å². The molecule has 0 heteroatoms. The Labute approximate surface area is 281 Å². The van der Waals surface area contributed by atoms with E-state index in [0.717, 1.165) is 0 Å². The molecule has 9 aromatic rings. The molecule has 0 aliphatic heterocycles. The van der Waals surface area contributed by atoms with Gasteiger partial charge in [0.2, 0.25) is 0 Å². The third kappa shape index (κ3) is 4.70. The maximum absolute atomic E-state index is 2.34. The Morgan fingerprint density at radius 1 is 0.208 bits per heavy atom. The summed E-state index contributed by atoms with van der Waals surface area (Å²) in [5, 5.41) is 7.55. The Balaban J connectivity index is 1.32. The summed E-state index contributed by atoms with van der Waals surface area (Å²) in [4.78, 5) is 0. The van der Waals surface area contributed by atoms with Crippen LogP contribution in [-0.4, -0.2) is 0 Å². The summed E-state index contributed by atoms with van der Waals surface area (Å²) < 4.78 is 0. The van der Waals surface area contributed by atoms with Gasteiger partial charge in [0.05, 0.1) is 0 Å². The topological polar surface area (TPSA) is 0 Å². The van der Waals surface area contributed by atoms with Crippen molar-refractivity contribution < 1.29 is 0 Å². The molecule has 0 aliphatic carbocycles. The summed E-state index contributed by atoms with van der Waals surface area (Å²) in [5.41, 5.74) is 12.4. The number of fused-ring (bicyclic) bond motifs is 3. The van der Waals surface area contributed by atoms with E-state index in [-0.39, 0.29) is 0 Å². The molecular formula is C48H32. The molecule has 0 radical (unpaired) electrons. The Morgan fingerprint density at radius 3 is 1.19 bits per heavy atom. The van der Waals surface area contributed by atoms with Crippen molar-refractivity contribution in [3.63, 3.8) is 0 Å². The summed E-state index contributed by atoms with van der Waals surface area (Å²) in [6.07, 6.45) is 0. The first-order chi connectivity index (χ1) is 23.8. The fourth-order valence-electron chi connectivity index (χ4n) is 7.55. The zero-order valence-corrected chi connectivity index (χ0v) is 26.5. The SMILES string of the molecule is c1ccc(-c2ccccc2-c2ccccc2-c2ccccc2-c2c3ccccc3c(-c3ccc4ccccc4c3)c3ccccc23)cc1. The molecule has 0 aliphatic rings. The minimum Gasteiger partial charge on any atom is -0.0622 e. The molecule has 0 heterocycles. The summed E-state index contributed by atoms with van der Waals surface area (Å²) >= 11 is 0. The van der Waals surface area contributed by atoms with Gasteiger partial charge in [-0.2, -0.15) is 0 Å². The van der Waals surface area contributed by atoms with E-state index >= 15 is 0 Å². The van der Waals surface area contributed by atoms with Gasteiger partial charge in [0, 0.05) is 0 Å². The van der Waals surface area contributed by atoms with Gasteiger partial charge in [-0.1, -0.05) is 188 Å². The predicted octanol–water partition coefficient (Wildman–Crippen LogP) is 13.5. The van der Waals surface area contributed by atoms with Gasteiger partial charge >= 0.3 is 0 Å². The first-order valence-electron chi connectivity index (χ1n) is 16.6. The van der Waals surface area contributed by atoms with Crippen LogP contribution in [0.1, 0.15) is 0 Å². The van der Waals surface area contributed by atoms with Crippen LogP contribution in [0.5, 0.6) is 0 Å². The first-order valence-corrected chi connectivity index (χ1v) is 16.6. The maximum Gasteiger partial charge on any atom is -0.00201 e. The smallest absolute Gasteiger partial charge is 0.00201 e. The average molecular weight is 609 g/mol. The minimum absolute atomic E-state index is 1.22. The Bertz CT molecular complexity index is 2550. The summed E-state index contributed by atoms with van der Waals surface area (Å²) in [6.45, 7) is 0. The van der Waals surface area contributed by atoms with Crippen molar-refractivity contribution >= 4 is 32.3 Å². The fourth-order valence-corrected chi connectivity index (χ4v) is 7.55. The van der Waals surface area contributed by atoms with Crippen LogP contribution >= 0.6 is 0 Å². The molecule has 0 bridgehead atoms. The van der Waals surface area contributed by atoms with Crippen LogP contribution in [0, 0.1) is 0 Å². The second-order valence-electron chi connectivity index (χ2n) is 12.4. The number of benzene rings is 9. The van der Waals surface area contributed by atoms with E-state index in [4.69, 9.17) is 0 Å². The second-order valence-corrected chi connectivity index (χ2v) is 12.4. The highest BCUT2D eigenvalue weighted by molar-refractivity contribution is 6.23. The van der Waals surface area contributed by atoms with Crippen molar-refractivity contribution in [3.05, 3.63) is 194 Å². The fraction of sp³-hybridized carbons (Fsp3) is 0. The van der Waals surface area contributed by atoms with Crippen molar-refractivity contribution in [3.8, 4) is 55.6 Å².